The Morgan fingerprint density at radius 2 is 1.65 bits per heavy atom. The minimum Gasteiger partial charge on any atom is -0.481 e. The Kier molecular flexibility index (Phi) is 8.51. The lowest BCUT2D eigenvalue weighted by Gasteiger charge is -2.22. The highest BCUT2D eigenvalue weighted by atomic mass is 16.6. The summed E-state index contributed by atoms with van der Waals surface area (Å²) < 4.78 is 5.33. The molecule has 0 rings (SSSR count). The summed E-state index contributed by atoms with van der Waals surface area (Å²) in [4.78, 5) is 22.6. The predicted octanol–water partition coefficient (Wildman–Crippen LogP) is 4.03. The number of carboxylic acids is 1. The van der Waals surface area contributed by atoms with Crippen molar-refractivity contribution in [3.63, 3.8) is 0 Å². The van der Waals surface area contributed by atoms with E-state index < -0.39 is 11.6 Å². The second-order valence-electron chi connectivity index (χ2n) is 6.52. The maximum absolute atomic E-state index is 11.8. The van der Waals surface area contributed by atoms with Crippen molar-refractivity contribution >= 4 is 11.9 Å². The van der Waals surface area contributed by atoms with Crippen molar-refractivity contribution in [2.75, 3.05) is 0 Å². The lowest BCUT2D eigenvalue weighted by atomic mass is 9.97. The first-order valence-corrected chi connectivity index (χ1v) is 7.63. The topological polar surface area (TPSA) is 63.6 Å². The van der Waals surface area contributed by atoms with E-state index in [0.717, 1.165) is 32.1 Å². The zero-order chi connectivity index (χ0) is 15.8. The smallest absolute Gasteiger partial charge is 0.309 e. The van der Waals surface area contributed by atoms with Gasteiger partial charge in [0.1, 0.15) is 5.60 Å². The number of hydrogen-bond donors (Lipinski definition) is 1. The Morgan fingerprint density at radius 1 is 1.10 bits per heavy atom. The summed E-state index contributed by atoms with van der Waals surface area (Å²) in [5.74, 6) is -1.15. The van der Waals surface area contributed by atoms with Crippen LogP contribution in [0, 0.1) is 11.8 Å². The van der Waals surface area contributed by atoms with Gasteiger partial charge in [0.25, 0.3) is 0 Å². The molecule has 4 nitrogen and oxygen atoms in total. The van der Waals surface area contributed by atoms with Crippen LogP contribution >= 0.6 is 0 Å². The second kappa shape index (κ2) is 8.98. The average molecular weight is 286 g/mol. The van der Waals surface area contributed by atoms with E-state index >= 15 is 0 Å². The molecule has 1 N–H and O–H groups in total. The zero-order valence-corrected chi connectivity index (χ0v) is 13.6. The highest BCUT2D eigenvalue weighted by Crippen LogP contribution is 2.18. The van der Waals surface area contributed by atoms with E-state index in [0.29, 0.717) is 6.42 Å². The van der Waals surface area contributed by atoms with E-state index in [1.165, 1.54) is 0 Å². The molecule has 0 saturated carbocycles. The van der Waals surface area contributed by atoms with E-state index in [9.17, 15) is 9.59 Å². The maximum atomic E-state index is 11.8. The first-order chi connectivity index (χ1) is 9.17. The van der Waals surface area contributed by atoms with Crippen LogP contribution in [-0.4, -0.2) is 22.6 Å². The van der Waals surface area contributed by atoms with Gasteiger partial charge in [-0.1, -0.05) is 33.1 Å². The van der Waals surface area contributed by atoms with Crippen LogP contribution in [-0.2, 0) is 14.3 Å². The molecule has 0 heterocycles. The van der Waals surface area contributed by atoms with Gasteiger partial charge >= 0.3 is 11.9 Å². The third kappa shape index (κ3) is 8.94. The molecule has 0 saturated heterocycles. The third-order valence-corrected chi connectivity index (χ3v) is 3.34. The van der Waals surface area contributed by atoms with Crippen LogP contribution in [0.2, 0.25) is 0 Å². The SMILES string of the molecule is CCC(CCCCCC(C)C(=O)OC(C)(C)C)C(=O)O. The van der Waals surface area contributed by atoms with Gasteiger partial charge in [0.2, 0.25) is 0 Å². The lowest BCUT2D eigenvalue weighted by Crippen LogP contribution is -2.27. The maximum Gasteiger partial charge on any atom is 0.309 e. The molecule has 0 spiro atoms. The van der Waals surface area contributed by atoms with Gasteiger partial charge in [-0.05, 0) is 40.0 Å². The average Bonchev–Trinajstić information content (AvgIpc) is 2.30. The van der Waals surface area contributed by atoms with Crippen LogP contribution in [0.4, 0.5) is 0 Å². The molecule has 0 radical (unpaired) electrons. The molecular weight excluding hydrogens is 256 g/mol. The van der Waals surface area contributed by atoms with Gasteiger partial charge in [0.05, 0.1) is 11.8 Å². The van der Waals surface area contributed by atoms with Crippen molar-refractivity contribution in [3.8, 4) is 0 Å². The third-order valence-electron chi connectivity index (χ3n) is 3.34. The number of carbonyl (C=O) groups is 2. The van der Waals surface area contributed by atoms with E-state index in [4.69, 9.17) is 9.84 Å². The van der Waals surface area contributed by atoms with Gasteiger partial charge in [0.15, 0.2) is 0 Å². The summed E-state index contributed by atoms with van der Waals surface area (Å²) in [5, 5.41) is 8.94. The molecule has 0 aliphatic rings. The van der Waals surface area contributed by atoms with Crippen LogP contribution in [0.5, 0.6) is 0 Å². The molecule has 0 aromatic carbocycles. The monoisotopic (exact) mass is 286 g/mol. The van der Waals surface area contributed by atoms with Gasteiger partial charge in [-0.2, -0.15) is 0 Å². The van der Waals surface area contributed by atoms with E-state index in [1.807, 2.05) is 34.6 Å². The number of rotatable bonds is 9. The number of hydrogen-bond acceptors (Lipinski definition) is 3. The Hall–Kier alpha value is -1.06. The second-order valence-corrected chi connectivity index (χ2v) is 6.52. The number of unbranched alkanes of at least 4 members (excludes halogenated alkanes) is 2. The first kappa shape index (κ1) is 18.9. The van der Waals surface area contributed by atoms with Crippen LogP contribution < -0.4 is 0 Å². The summed E-state index contributed by atoms with van der Waals surface area (Å²) in [6, 6.07) is 0. The number of carbonyl (C=O) groups excluding carboxylic acids is 1. The minimum atomic E-state index is -0.699. The number of esters is 1. The highest BCUT2D eigenvalue weighted by Gasteiger charge is 2.21. The summed E-state index contributed by atoms with van der Waals surface area (Å²) in [7, 11) is 0. The van der Waals surface area contributed by atoms with Gasteiger partial charge in [-0.25, -0.2) is 0 Å². The fourth-order valence-corrected chi connectivity index (χ4v) is 2.04. The van der Waals surface area contributed by atoms with Gasteiger partial charge in [-0.3, -0.25) is 9.59 Å². The Morgan fingerprint density at radius 3 is 2.10 bits per heavy atom. The van der Waals surface area contributed by atoms with E-state index in [-0.39, 0.29) is 17.8 Å². The largest absolute Gasteiger partial charge is 0.481 e. The van der Waals surface area contributed by atoms with Crippen LogP contribution in [0.3, 0.4) is 0 Å². The Balaban J connectivity index is 3.79. The zero-order valence-electron chi connectivity index (χ0n) is 13.6. The first-order valence-electron chi connectivity index (χ1n) is 7.63. The molecule has 0 bridgehead atoms. The molecule has 0 aliphatic heterocycles. The molecular formula is C16H30O4. The molecule has 0 fully saturated rings. The Bertz CT molecular complexity index is 304. The number of ether oxygens (including phenoxy) is 1. The van der Waals surface area contributed by atoms with Gasteiger partial charge in [0, 0.05) is 0 Å². The van der Waals surface area contributed by atoms with Crippen LogP contribution in [0.1, 0.15) is 73.1 Å². The van der Waals surface area contributed by atoms with Crippen LogP contribution in [0.25, 0.3) is 0 Å². The normalized spacial score (nSPS) is 14.7. The summed E-state index contributed by atoms with van der Waals surface area (Å²) in [6.45, 7) is 9.40. The molecule has 0 amide bonds. The van der Waals surface area contributed by atoms with Crippen molar-refractivity contribution in [2.24, 2.45) is 11.8 Å². The molecule has 20 heavy (non-hydrogen) atoms. The molecule has 4 heteroatoms. The minimum absolute atomic E-state index is 0.0873. The number of aliphatic carboxylic acids is 1. The fraction of sp³-hybridized carbons (Fsp3) is 0.875. The predicted molar refractivity (Wildman–Crippen MR) is 79.5 cm³/mol. The van der Waals surface area contributed by atoms with Crippen molar-refractivity contribution in [1.29, 1.82) is 0 Å². The Labute approximate surface area is 122 Å². The summed E-state index contributed by atoms with van der Waals surface area (Å²) in [6.07, 6.45) is 5.04. The van der Waals surface area contributed by atoms with E-state index in [2.05, 4.69) is 0 Å². The van der Waals surface area contributed by atoms with Crippen molar-refractivity contribution in [3.05, 3.63) is 0 Å². The fourth-order valence-electron chi connectivity index (χ4n) is 2.04. The van der Waals surface area contributed by atoms with Crippen molar-refractivity contribution in [1.82, 2.24) is 0 Å². The molecule has 2 unspecified atom stereocenters. The van der Waals surface area contributed by atoms with Gasteiger partial charge in [-0.15, -0.1) is 0 Å². The lowest BCUT2D eigenvalue weighted by molar-refractivity contribution is -0.159. The number of carboxylic acid groups (broad SMARTS) is 1. The van der Waals surface area contributed by atoms with Crippen LogP contribution in [0.15, 0.2) is 0 Å². The quantitative estimate of drug-likeness (QED) is 0.513. The molecule has 2 atom stereocenters. The summed E-state index contributed by atoms with van der Waals surface area (Å²) >= 11 is 0. The highest BCUT2D eigenvalue weighted by molar-refractivity contribution is 5.72. The molecule has 118 valence electrons. The van der Waals surface area contributed by atoms with E-state index in [1.54, 1.807) is 0 Å². The van der Waals surface area contributed by atoms with Crippen molar-refractivity contribution in [2.45, 2.75) is 78.7 Å². The standard InChI is InChI=1S/C16H30O4/c1-6-13(14(17)18)11-9-7-8-10-12(2)15(19)20-16(3,4)5/h12-13H,6-11H2,1-5H3,(H,17,18). The molecule has 0 aromatic rings. The van der Waals surface area contributed by atoms with Crippen molar-refractivity contribution < 1.29 is 19.4 Å². The molecule has 0 aliphatic carbocycles. The molecule has 0 aromatic heterocycles. The summed E-state index contributed by atoms with van der Waals surface area (Å²) in [5.41, 5.74) is -0.429. The van der Waals surface area contributed by atoms with Gasteiger partial charge < -0.3 is 9.84 Å².